The van der Waals surface area contributed by atoms with Gasteiger partial charge in [-0.2, -0.15) is 0 Å². The number of esters is 1. The van der Waals surface area contributed by atoms with Gasteiger partial charge in [-0.25, -0.2) is 4.79 Å². The van der Waals surface area contributed by atoms with Gasteiger partial charge in [0.15, 0.2) is 0 Å². The van der Waals surface area contributed by atoms with E-state index in [2.05, 4.69) is 5.18 Å². The Kier molecular flexibility index (Phi) is 4.89. The maximum atomic E-state index is 12.9. The molecule has 0 aromatic heterocycles. The molecular formula is C19H22N2O5. The third-order valence-electron chi connectivity index (χ3n) is 5.07. The van der Waals surface area contributed by atoms with Gasteiger partial charge in [0.25, 0.3) is 11.8 Å². The molecule has 1 aromatic carbocycles. The average molecular weight is 358 g/mol. The summed E-state index contributed by atoms with van der Waals surface area (Å²) in [4.78, 5) is 50.6. The van der Waals surface area contributed by atoms with Crippen LogP contribution in [0.1, 0.15) is 66.7 Å². The second kappa shape index (κ2) is 6.97. The van der Waals surface area contributed by atoms with Gasteiger partial charge in [-0.3, -0.25) is 14.5 Å². The highest BCUT2D eigenvalue weighted by Gasteiger charge is 2.47. The van der Waals surface area contributed by atoms with Crippen LogP contribution in [-0.4, -0.2) is 34.5 Å². The number of carbonyl (C=O) groups excluding carboxylic acids is 3. The van der Waals surface area contributed by atoms with E-state index in [1.165, 1.54) is 0 Å². The van der Waals surface area contributed by atoms with Gasteiger partial charge in [0.2, 0.25) is 5.72 Å². The molecule has 2 amide bonds. The molecule has 0 spiro atoms. The molecule has 0 N–H and O–H groups in total. The molecule has 1 fully saturated rings. The maximum Gasteiger partial charge on any atom is 0.331 e. The predicted octanol–water partition coefficient (Wildman–Crippen LogP) is 3.28. The zero-order valence-corrected chi connectivity index (χ0v) is 14.9. The molecule has 0 saturated heterocycles. The Balaban J connectivity index is 1.88. The molecule has 7 nitrogen and oxygen atoms in total. The van der Waals surface area contributed by atoms with E-state index in [-0.39, 0.29) is 17.0 Å². The molecule has 3 rings (SSSR count). The maximum absolute atomic E-state index is 12.9. The third-order valence-corrected chi connectivity index (χ3v) is 5.07. The van der Waals surface area contributed by atoms with Crippen molar-refractivity contribution >= 4 is 17.8 Å². The summed E-state index contributed by atoms with van der Waals surface area (Å²) in [5, 5.41) is 3.08. The monoisotopic (exact) mass is 358 g/mol. The van der Waals surface area contributed by atoms with Crippen LogP contribution in [0, 0.1) is 10.8 Å². The Labute approximate surface area is 151 Å². The first-order valence-electron chi connectivity index (χ1n) is 8.94. The van der Waals surface area contributed by atoms with Gasteiger partial charge in [0, 0.05) is 12.8 Å². The smallest absolute Gasteiger partial charge is 0.331 e. The van der Waals surface area contributed by atoms with Gasteiger partial charge in [0.05, 0.1) is 11.1 Å². The first kappa shape index (κ1) is 18.2. The van der Waals surface area contributed by atoms with E-state index in [1.54, 1.807) is 38.1 Å². The van der Waals surface area contributed by atoms with E-state index in [1.807, 2.05) is 0 Å². The number of rotatable bonds is 5. The molecule has 1 aliphatic carbocycles. The van der Waals surface area contributed by atoms with Crippen molar-refractivity contribution in [1.82, 2.24) is 4.90 Å². The fraction of sp³-hybridized carbons (Fsp3) is 0.526. The Morgan fingerprint density at radius 3 is 2.08 bits per heavy atom. The Morgan fingerprint density at radius 1 is 1.08 bits per heavy atom. The van der Waals surface area contributed by atoms with Gasteiger partial charge in [-0.1, -0.05) is 32.4 Å². The van der Waals surface area contributed by atoms with Crippen LogP contribution in [0.4, 0.5) is 0 Å². The molecule has 1 saturated carbocycles. The molecule has 7 heteroatoms. The number of imide groups is 1. The van der Waals surface area contributed by atoms with Gasteiger partial charge in [-0.05, 0) is 36.1 Å². The average Bonchev–Trinajstić information content (AvgIpc) is 2.88. The Hall–Kier alpha value is -2.57. The van der Waals surface area contributed by atoms with Crippen molar-refractivity contribution in [1.29, 1.82) is 0 Å². The highest BCUT2D eigenvalue weighted by Crippen LogP contribution is 2.35. The van der Waals surface area contributed by atoms with Crippen LogP contribution in [0.5, 0.6) is 0 Å². The number of carbonyl (C=O) groups is 3. The van der Waals surface area contributed by atoms with Gasteiger partial charge >= 0.3 is 5.97 Å². The number of hydrogen-bond donors (Lipinski definition) is 0. The van der Waals surface area contributed by atoms with Crippen molar-refractivity contribution in [2.45, 2.75) is 57.7 Å². The Bertz CT molecular complexity index is 717. The second-order valence-corrected chi connectivity index (χ2v) is 7.23. The molecule has 1 heterocycles. The topological polar surface area (TPSA) is 93.1 Å². The van der Waals surface area contributed by atoms with Crippen molar-refractivity contribution in [2.24, 2.45) is 11.1 Å². The number of fused-ring (bicyclic) bond motifs is 1. The quantitative estimate of drug-likeness (QED) is 0.457. The standard InChI is InChI=1S/C19H22N2O5/c1-12(2)15(18(24)26-19(20-25)10-6-3-7-11-19)21-16(22)13-8-4-5-9-14(13)17(21)23/h4-5,8-9,12,15H,3,6-7,10-11H2,1-2H3/t15-/m0/s1. The molecule has 26 heavy (non-hydrogen) atoms. The van der Waals surface area contributed by atoms with Crippen LogP contribution in [-0.2, 0) is 9.53 Å². The summed E-state index contributed by atoms with van der Waals surface area (Å²) in [6, 6.07) is 5.37. The number of ether oxygens (including phenoxy) is 1. The van der Waals surface area contributed by atoms with Crippen LogP contribution < -0.4 is 0 Å². The predicted molar refractivity (Wildman–Crippen MR) is 93.3 cm³/mol. The van der Waals surface area contributed by atoms with Crippen LogP contribution in [0.15, 0.2) is 29.4 Å². The molecular weight excluding hydrogens is 336 g/mol. The minimum Gasteiger partial charge on any atom is -0.432 e. The number of hydrogen-bond acceptors (Lipinski definition) is 6. The zero-order chi connectivity index (χ0) is 18.9. The molecule has 1 aromatic rings. The SMILES string of the molecule is CC(C)[C@@H](C(=O)OC1(N=O)CCCCC1)N1C(=O)c2ccccc2C1=O. The van der Waals surface area contributed by atoms with Gasteiger partial charge in [-0.15, -0.1) is 4.91 Å². The van der Waals surface area contributed by atoms with Crippen LogP contribution in [0.2, 0.25) is 0 Å². The van der Waals surface area contributed by atoms with Crippen molar-refractivity contribution in [2.75, 3.05) is 0 Å². The van der Waals surface area contributed by atoms with Crippen LogP contribution in [0.3, 0.4) is 0 Å². The molecule has 1 atom stereocenters. The Morgan fingerprint density at radius 2 is 1.62 bits per heavy atom. The normalized spacial score (nSPS) is 20.0. The number of nitroso groups, excluding NO2 is 1. The molecule has 2 aliphatic rings. The minimum absolute atomic E-state index is 0.275. The second-order valence-electron chi connectivity index (χ2n) is 7.23. The largest absolute Gasteiger partial charge is 0.432 e. The molecule has 138 valence electrons. The van der Waals surface area contributed by atoms with Crippen molar-refractivity contribution in [3.63, 3.8) is 0 Å². The summed E-state index contributed by atoms with van der Waals surface area (Å²) >= 11 is 0. The molecule has 0 radical (unpaired) electrons. The minimum atomic E-state index is -1.39. The summed E-state index contributed by atoms with van der Waals surface area (Å²) in [6.45, 7) is 3.47. The van der Waals surface area contributed by atoms with Gasteiger partial charge < -0.3 is 4.74 Å². The number of amides is 2. The van der Waals surface area contributed by atoms with Crippen LogP contribution >= 0.6 is 0 Å². The lowest BCUT2D eigenvalue weighted by molar-refractivity contribution is -0.168. The van der Waals surface area contributed by atoms with Crippen molar-refractivity contribution in [3.05, 3.63) is 40.3 Å². The third kappa shape index (κ3) is 3.02. The highest BCUT2D eigenvalue weighted by molar-refractivity contribution is 6.22. The lowest BCUT2D eigenvalue weighted by atomic mass is 9.92. The highest BCUT2D eigenvalue weighted by atomic mass is 16.6. The summed E-state index contributed by atoms with van der Waals surface area (Å²) in [7, 11) is 0. The zero-order valence-electron chi connectivity index (χ0n) is 14.9. The van der Waals surface area contributed by atoms with Crippen LogP contribution in [0.25, 0.3) is 0 Å². The fourth-order valence-electron chi connectivity index (χ4n) is 3.70. The number of nitrogens with zero attached hydrogens (tertiary/aromatic N) is 2. The van der Waals surface area contributed by atoms with E-state index >= 15 is 0 Å². The summed E-state index contributed by atoms with van der Waals surface area (Å²) in [6.07, 6.45) is 3.20. The lowest BCUT2D eigenvalue weighted by Gasteiger charge is -2.34. The first-order chi connectivity index (χ1) is 12.4. The lowest BCUT2D eigenvalue weighted by Crippen LogP contribution is -2.51. The molecule has 1 aliphatic heterocycles. The van der Waals surface area contributed by atoms with Crippen molar-refractivity contribution in [3.8, 4) is 0 Å². The summed E-state index contributed by atoms with van der Waals surface area (Å²) in [5.41, 5.74) is -0.838. The fourth-order valence-corrected chi connectivity index (χ4v) is 3.70. The van der Waals surface area contributed by atoms with Crippen molar-refractivity contribution < 1.29 is 19.1 Å². The van der Waals surface area contributed by atoms with E-state index in [0.29, 0.717) is 12.8 Å². The van der Waals surface area contributed by atoms with E-state index in [0.717, 1.165) is 24.2 Å². The van der Waals surface area contributed by atoms with E-state index in [4.69, 9.17) is 4.74 Å². The molecule has 0 bridgehead atoms. The molecule has 0 unspecified atom stereocenters. The summed E-state index contributed by atoms with van der Waals surface area (Å²) < 4.78 is 5.50. The van der Waals surface area contributed by atoms with E-state index < -0.39 is 29.6 Å². The van der Waals surface area contributed by atoms with E-state index in [9.17, 15) is 19.3 Å². The number of benzene rings is 1. The van der Waals surface area contributed by atoms with Gasteiger partial charge in [0.1, 0.15) is 6.04 Å². The summed E-state index contributed by atoms with van der Waals surface area (Å²) in [5.74, 6) is -2.15. The first-order valence-corrected chi connectivity index (χ1v) is 8.94.